The lowest BCUT2D eigenvalue weighted by atomic mass is 11.7. The van der Waals surface area contributed by atoms with Gasteiger partial charge in [0.1, 0.15) is 0 Å². The van der Waals surface area contributed by atoms with Crippen LogP contribution in [0.25, 0.3) is 10.8 Å². The van der Waals surface area contributed by atoms with E-state index in [0.29, 0.717) is 12.2 Å². The Morgan fingerprint density at radius 3 is 1.00 bits per heavy atom. The van der Waals surface area contributed by atoms with Crippen LogP contribution in [0.4, 0.5) is 0 Å². The summed E-state index contributed by atoms with van der Waals surface area (Å²) in [6, 6.07) is 0. The number of carbonyl (C=O) groups excluding carboxylic acids is 2. The van der Waals surface area contributed by atoms with Crippen LogP contribution in [0.3, 0.4) is 0 Å². The van der Waals surface area contributed by atoms with Gasteiger partial charge >= 0.3 is 7.43 Å². The Hall–Kier alpha value is -1.46. The summed E-state index contributed by atoms with van der Waals surface area (Å²) < 4.78 is 0. The average molecular weight is 96.0 g/mol. The highest BCUT2D eigenvalue weighted by molar-refractivity contribution is 5.37. The van der Waals surface area contributed by atoms with Crippen molar-refractivity contribution < 1.29 is 9.59 Å². The first-order valence-electron chi connectivity index (χ1n) is 0.855. The largest absolute Gasteiger partial charge is 2.00 e. The molecule has 0 aromatic rings. The van der Waals surface area contributed by atoms with Gasteiger partial charge in [-0.3, -0.25) is 9.59 Å². The maximum Gasteiger partial charge on any atom is 2.00 e. The minimum absolute atomic E-state index is 0. The van der Waals surface area contributed by atoms with Crippen molar-refractivity contribution in [3.8, 4) is 0 Å². The van der Waals surface area contributed by atoms with Crippen LogP contribution in [0.5, 0.6) is 0 Å². The van der Waals surface area contributed by atoms with E-state index in [0.717, 1.165) is 0 Å². The second-order valence-electron chi connectivity index (χ2n) is 0.183. The van der Waals surface area contributed by atoms with E-state index in [2.05, 4.69) is 0 Å². The molecule has 0 aliphatic carbocycles. The highest BCUT2D eigenvalue weighted by Crippen LogP contribution is 0.952. The Labute approximate surface area is 41.2 Å². The molecule has 0 amide bonds. The summed E-state index contributed by atoms with van der Waals surface area (Å²) >= 11 is 0. The van der Waals surface area contributed by atoms with Crippen molar-refractivity contribution >= 4 is 12.2 Å². The summed E-state index contributed by atoms with van der Waals surface area (Å²) in [5, 5.41) is 13.5. The van der Waals surface area contributed by atoms with E-state index in [1.165, 1.54) is 0 Å². The maximum atomic E-state index is 8.24. The molecule has 0 bridgehead atoms. The fourth-order valence-electron chi connectivity index (χ4n) is 0. The molecule has 0 N–H and O–H groups in total. The SMILES string of the molecule is [C+2].[N-]=C=O.[N-]=C=O. The fraction of sp³-hybridized carbons (Fsp3) is 0. The average Bonchev–Trinajstić information content (AvgIpc) is 1.39. The molecular formula is C3N2O2. The summed E-state index contributed by atoms with van der Waals surface area (Å²) in [5.41, 5.74) is 0. The minimum atomic E-state index is 0. The number of nitrogens with zero attached hydrogens (tertiary/aromatic N) is 2. The van der Waals surface area contributed by atoms with Crippen molar-refractivity contribution in [2.24, 2.45) is 0 Å². The number of hydrogen-bond donors (Lipinski definition) is 0. The molecule has 0 aromatic carbocycles. The summed E-state index contributed by atoms with van der Waals surface area (Å²) in [6.07, 6.45) is 1.00. The molecular weight excluding hydrogens is 96.0 g/mol. The highest BCUT2D eigenvalue weighted by Gasteiger charge is 2.00. The van der Waals surface area contributed by atoms with Gasteiger partial charge in [0.25, 0.3) is 0 Å². The van der Waals surface area contributed by atoms with E-state index < -0.39 is 0 Å². The van der Waals surface area contributed by atoms with E-state index in [-0.39, 0.29) is 7.43 Å². The zero-order valence-electron chi connectivity index (χ0n) is 3.21. The van der Waals surface area contributed by atoms with E-state index in [9.17, 15) is 0 Å². The van der Waals surface area contributed by atoms with Crippen LogP contribution in [-0.2, 0) is 9.59 Å². The Morgan fingerprint density at radius 2 is 1.00 bits per heavy atom. The molecule has 34 valence electrons. The van der Waals surface area contributed by atoms with E-state index in [1.807, 2.05) is 0 Å². The van der Waals surface area contributed by atoms with Crippen LogP contribution in [-0.4, -0.2) is 12.2 Å². The molecule has 0 atom stereocenters. The van der Waals surface area contributed by atoms with Crippen molar-refractivity contribution in [2.75, 3.05) is 0 Å². The van der Waals surface area contributed by atoms with Crippen molar-refractivity contribution in [2.45, 2.75) is 0 Å². The number of rotatable bonds is 0. The van der Waals surface area contributed by atoms with Gasteiger partial charge in [0.2, 0.25) is 0 Å². The van der Waals surface area contributed by atoms with Crippen molar-refractivity contribution in [3.05, 3.63) is 18.2 Å². The second kappa shape index (κ2) is 195. The minimum Gasteiger partial charge on any atom is -0.724 e. The molecule has 0 saturated heterocycles. The van der Waals surface area contributed by atoms with Crippen molar-refractivity contribution in [1.29, 1.82) is 0 Å². The summed E-state index contributed by atoms with van der Waals surface area (Å²) in [5.74, 6) is 0. The molecule has 0 aliphatic heterocycles. The van der Waals surface area contributed by atoms with E-state index in [4.69, 9.17) is 20.4 Å². The Kier molecular flexibility index (Phi) is 493. The predicted octanol–water partition coefficient (Wildman–Crippen LogP) is -0.136. The van der Waals surface area contributed by atoms with Crippen LogP contribution in [0, 0.1) is 7.43 Å². The first kappa shape index (κ1) is 17.7. The summed E-state index contributed by atoms with van der Waals surface area (Å²) in [6.45, 7) is 0. The molecule has 0 fully saturated rings. The van der Waals surface area contributed by atoms with Gasteiger partial charge in [-0.2, -0.15) is 0 Å². The number of isocyanates is 2. The third-order valence-corrected chi connectivity index (χ3v) is 0. The highest BCUT2D eigenvalue weighted by atomic mass is 16.1. The maximum absolute atomic E-state index is 8.24. The zero-order valence-corrected chi connectivity index (χ0v) is 3.21. The lowest BCUT2D eigenvalue weighted by Crippen LogP contribution is -1.13. The monoisotopic (exact) mass is 96.0 g/mol. The molecule has 0 spiro atoms. The van der Waals surface area contributed by atoms with Crippen LogP contribution < -0.4 is 0 Å². The molecule has 0 aliphatic rings. The molecule has 4 heteroatoms. The molecule has 0 aromatic heterocycles. The molecule has 0 saturated carbocycles. The van der Waals surface area contributed by atoms with Crippen molar-refractivity contribution in [1.82, 2.24) is 0 Å². The lowest BCUT2D eigenvalue weighted by Gasteiger charge is -1.32. The van der Waals surface area contributed by atoms with Crippen LogP contribution in [0.1, 0.15) is 0 Å². The van der Waals surface area contributed by atoms with Gasteiger partial charge in [-0.05, 0) is 12.2 Å². The first-order chi connectivity index (χ1) is 2.83. The molecule has 0 rings (SSSR count). The normalized spacial score (nSPS) is 2.29. The molecule has 4 nitrogen and oxygen atoms in total. The van der Waals surface area contributed by atoms with Crippen LogP contribution in [0.2, 0.25) is 0 Å². The topological polar surface area (TPSA) is 78.7 Å². The van der Waals surface area contributed by atoms with Crippen molar-refractivity contribution in [3.63, 3.8) is 0 Å². The first-order valence-corrected chi connectivity index (χ1v) is 0.855. The zero-order chi connectivity index (χ0) is 5.41. The third kappa shape index (κ3) is 13.7. The lowest BCUT2D eigenvalue weighted by molar-refractivity contribution is 0.568. The van der Waals surface area contributed by atoms with Gasteiger partial charge < -0.3 is 10.8 Å². The second-order valence-corrected chi connectivity index (χ2v) is 0.183. The summed E-state index contributed by atoms with van der Waals surface area (Å²) in [7, 11) is 0. The van der Waals surface area contributed by atoms with Gasteiger partial charge in [0, 0.05) is 0 Å². The molecule has 0 heterocycles. The Balaban J connectivity index is -0.0000000400. The van der Waals surface area contributed by atoms with Crippen LogP contribution in [0.15, 0.2) is 0 Å². The van der Waals surface area contributed by atoms with Crippen LogP contribution >= 0.6 is 0 Å². The quantitative estimate of drug-likeness (QED) is 0.311. The molecule has 0 unspecified atom stereocenters. The Bertz CT molecular complexity index is 64.9. The van der Waals surface area contributed by atoms with E-state index in [1.54, 1.807) is 0 Å². The van der Waals surface area contributed by atoms with Gasteiger partial charge in [-0.25, -0.2) is 0 Å². The number of hydrogen-bond acceptors (Lipinski definition) is 2. The molecule has 7 heavy (non-hydrogen) atoms. The van der Waals surface area contributed by atoms with Gasteiger partial charge in [-0.15, -0.1) is 0 Å². The third-order valence-electron chi connectivity index (χ3n) is 0. The van der Waals surface area contributed by atoms with Gasteiger partial charge in [0.15, 0.2) is 0 Å². The van der Waals surface area contributed by atoms with E-state index >= 15 is 0 Å². The smallest absolute Gasteiger partial charge is 0.724 e. The fourth-order valence-corrected chi connectivity index (χ4v) is 0. The predicted molar refractivity (Wildman–Crippen MR) is 21.3 cm³/mol. The summed E-state index contributed by atoms with van der Waals surface area (Å²) in [4.78, 5) is 16.5. The Morgan fingerprint density at radius 1 is 1.00 bits per heavy atom. The van der Waals surface area contributed by atoms with Gasteiger partial charge in [-0.1, -0.05) is 0 Å². The molecule has 2 radical (unpaired) electrons. The van der Waals surface area contributed by atoms with Gasteiger partial charge in [0.05, 0.1) is 0 Å². The standard InChI is InChI=1S/2CNO.C/c2*2-1-3;/q2*-1;+2.